The van der Waals surface area contributed by atoms with E-state index in [1.807, 2.05) is 48.5 Å². The molecule has 1 saturated heterocycles. The van der Waals surface area contributed by atoms with E-state index in [2.05, 4.69) is 21.6 Å². The highest BCUT2D eigenvalue weighted by Gasteiger charge is 2.20. The van der Waals surface area contributed by atoms with Crippen LogP contribution in [0.15, 0.2) is 60.7 Å². The molecule has 1 aliphatic rings. The molecule has 2 amide bonds. The number of carbonyl (C=O) groups is 1. The number of nitrogens with zero attached hydrogens (tertiary/aromatic N) is 2. The Balaban J connectivity index is 1.48. The van der Waals surface area contributed by atoms with Crippen LogP contribution in [0.4, 0.5) is 4.79 Å². The van der Waals surface area contributed by atoms with Gasteiger partial charge >= 0.3 is 6.03 Å². The zero-order valence-electron chi connectivity index (χ0n) is 19.8. The second-order valence-electron chi connectivity index (χ2n) is 8.81. The monoisotopic (exact) mass is 512 g/mol. The average molecular weight is 513 g/mol. The fraction of sp³-hybridized carbons (Fsp3) is 0.333. The third-order valence-corrected chi connectivity index (χ3v) is 6.58. The lowest BCUT2D eigenvalue weighted by atomic mass is 9.96. The van der Waals surface area contributed by atoms with Gasteiger partial charge in [0.2, 0.25) is 5.88 Å². The van der Waals surface area contributed by atoms with Crippen molar-refractivity contribution < 1.29 is 9.53 Å². The minimum atomic E-state index is -0.124. The third kappa shape index (κ3) is 7.59. The number of rotatable bonds is 8. The van der Waals surface area contributed by atoms with Gasteiger partial charge in [0.15, 0.2) is 0 Å². The van der Waals surface area contributed by atoms with Crippen molar-refractivity contribution >= 4 is 29.2 Å². The van der Waals surface area contributed by atoms with E-state index in [0.29, 0.717) is 35.0 Å². The summed E-state index contributed by atoms with van der Waals surface area (Å²) in [6.07, 6.45) is 2.09. The lowest BCUT2D eigenvalue weighted by Crippen LogP contribution is -2.40. The van der Waals surface area contributed by atoms with Gasteiger partial charge in [-0.3, -0.25) is 4.90 Å². The summed E-state index contributed by atoms with van der Waals surface area (Å²) in [5, 5.41) is 6.66. The number of halogens is 2. The number of likely N-dealkylation sites (tertiary alicyclic amines) is 1. The number of amides is 2. The van der Waals surface area contributed by atoms with Gasteiger partial charge in [0.1, 0.15) is 6.61 Å². The molecule has 0 aliphatic carbocycles. The molecule has 1 fully saturated rings. The van der Waals surface area contributed by atoms with Gasteiger partial charge in [0, 0.05) is 41.8 Å². The molecule has 0 radical (unpaired) electrons. The van der Waals surface area contributed by atoms with Gasteiger partial charge in [-0.15, -0.1) is 0 Å². The molecule has 35 heavy (non-hydrogen) atoms. The number of nitrogens with one attached hydrogen (secondary N) is 2. The molecular formula is C27H30Cl2N4O2. The van der Waals surface area contributed by atoms with Crippen LogP contribution in [-0.4, -0.2) is 42.6 Å². The van der Waals surface area contributed by atoms with Crippen LogP contribution in [0.2, 0.25) is 10.0 Å². The van der Waals surface area contributed by atoms with Gasteiger partial charge in [-0.05, 0) is 67.2 Å². The van der Waals surface area contributed by atoms with Gasteiger partial charge < -0.3 is 15.4 Å². The van der Waals surface area contributed by atoms with Crippen molar-refractivity contribution in [3.8, 4) is 17.1 Å². The molecule has 2 aromatic carbocycles. The lowest BCUT2D eigenvalue weighted by Gasteiger charge is -2.32. The van der Waals surface area contributed by atoms with Crippen molar-refractivity contribution in [1.82, 2.24) is 20.5 Å². The first-order chi connectivity index (χ1) is 17.0. The number of pyridine rings is 1. The van der Waals surface area contributed by atoms with Crippen molar-refractivity contribution in [1.29, 1.82) is 0 Å². The van der Waals surface area contributed by atoms with Crippen LogP contribution in [0.1, 0.15) is 24.0 Å². The molecule has 1 aliphatic heterocycles. The first kappa shape index (κ1) is 25.3. The minimum absolute atomic E-state index is 0.124. The van der Waals surface area contributed by atoms with Gasteiger partial charge in [-0.25, -0.2) is 9.78 Å². The smallest absolute Gasteiger partial charge is 0.314 e. The average Bonchev–Trinajstić information content (AvgIpc) is 2.87. The number of hydrogen-bond donors (Lipinski definition) is 2. The number of aromatic nitrogens is 1. The summed E-state index contributed by atoms with van der Waals surface area (Å²) in [5.41, 5.74) is 3.84. The molecule has 184 valence electrons. The molecule has 1 aromatic heterocycles. The van der Waals surface area contributed by atoms with Crippen LogP contribution in [0.5, 0.6) is 5.88 Å². The summed E-state index contributed by atoms with van der Waals surface area (Å²) < 4.78 is 6.08. The highest BCUT2D eigenvalue weighted by molar-refractivity contribution is 6.35. The molecule has 6 nitrogen and oxygen atoms in total. The SMILES string of the molecule is CNC(=O)NCC1CCN(Cc2cc(OCc3ccccc3)nc(-c3cc(Cl)cc(Cl)c3)c2)CC1. The molecule has 0 saturated carbocycles. The highest BCUT2D eigenvalue weighted by atomic mass is 35.5. The molecule has 8 heteroatoms. The van der Waals surface area contributed by atoms with Crippen molar-refractivity contribution in [2.24, 2.45) is 5.92 Å². The molecule has 0 bridgehead atoms. The van der Waals surface area contributed by atoms with E-state index in [-0.39, 0.29) is 6.03 Å². The molecule has 3 aromatic rings. The quantitative estimate of drug-likeness (QED) is 0.401. The third-order valence-electron chi connectivity index (χ3n) is 6.14. The van der Waals surface area contributed by atoms with E-state index in [9.17, 15) is 4.79 Å². The first-order valence-electron chi connectivity index (χ1n) is 11.8. The second kappa shape index (κ2) is 12.2. The van der Waals surface area contributed by atoms with E-state index in [1.54, 1.807) is 13.1 Å². The van der Waals surface area contributed by atoms with Gasteiger partial charge in [0.05, 0.1) is 5.69 Å². The maximum absolute atomic E-state index is 11.5. The van der Waals surface area contributed by atoms with Crippen molar-refractivity contribution in [3.63, 3.8) is 0 Å². The Bertz CT molecular complexity index is 1120. The van der Waals surface area contributed by atoms with E-state index < -0.39 is 0 Å². The van der Waals surface area contributed by atoms with E-state index in [4.69, 9.17) is 32.9 Å². The van der Waals surface area contributed by atoms with Crippen LogP contribution in [-0.2, 0) is 13.2 Å². The zero-order chi connectivity index (χ0) is 24.6. The molecule has 2 N–H and O–H groups in total. The Morgan fingerprint density at radius 1 is 1.03 bits per heavy atom. The van der Waals surface area contributed by atoms with Crippen molar-refractivity contribution in [2.75, 3.05) is 26.7 Å². The fourth-order valence-corrected chi connectivity index (χ4v) is 4.76. The molecule has 2 heterocycles. The molecule has 0 atom stereocenters. The second-order valence-corrected chi connectivity index (χ2v) is 9.68. The number of hydrogen-bond acceptors (Lipinski definition) is 4. The van der Waals surface area contributed by atoms with Gasteiger partial charge in [-0.2, -0.15) is 0 Å². The topological polar surface area (TPSA) is 66.5 Å². The Labute approximate surface area is 216 Å². The van der Waals surface area contributed by atoms with Crippen LogP contribution in [0.3, 0.4) is 0 Å². The fourth-order valence-electron chi connectivity index (χ4n) is 4.24. The maximum Gasteiger partial charge on any atom is 0.314 e. The summed E-state index contributed by atoms with van der Waals surface area (Å²) >= 11 is 12.5. The summed E-state index contributed by atoms with van der Waals surface area (Å²) in [5.74, 6) is 1.07. The summed E-state index contributed by atoms with van der Waals surface area (Å²) in [6, 6.07) is 19.5. The van der Waals surface area contributed by atoms with E-state index in [0.717, 1.165) is 54.9 Å². The highest BCUT2D eigenvalue weighted by Crippen LogP contribution is 2.29. The summed E-state index contributed by atoms with van der Waals surface area (Å²) in [7, 11) is 1.64. The summed E-state index contributed by atoms with van der Waals surface area (Å²) in [4.78, 5) is 18.6. The Morgan fingerprint density at radius 2 is 1.74 bits per heavy atom. The van der Waals surface area contributed by atoms with Crippen LogP contribution in [0, 0.1) is 5.92 Å². The summed E-state index contributed by atoms with van der Waals surface area (Å²) in [6.45, 7) is 3.89. The number of urea groups is 1. The van der Waals surface area contributed by atoms with Crippen LogP contribution >= 0.6 is 23.2 Å². The number of carbonyl (C=O) groups excluding carboxylic acids is 1. The van der Waals surface area contributed by atoms with Crippen LogP contribution in [0.25, 0.3) is 11.3 Å². The molecule has 0 spiro atoms. The maximum atomic E-state index is 11.5. The molecule has 0 unspecified atom stereocenters. The zero-order valence-corrected chi connectivity index (χ0v) is 21.3. The van der Waals surface area contributed by atoms with E-state index >= 15 is 0 Å². The minimum Gasteiger partial charge on any atom is -0.473 e. The first-order valence-corrected chi connectivity index (χ1v) is 12.6. The number of piperidine rings is 1. The number of benzene rings is 2. The lowest BCUT2D eigenvalue weighted by molar-refractivity contribution is 0.174. The van der Waals surface area contributed by atoms with Crippen LogP contribution < -0.4 is 15.4 Å². The largest absolute Gasteiger partial charge is 0.473 e. The van der Waals surface area contributed by atoms with Crippen molar-refractivity contribution in [2.45, 2.75) is 26.0 Å². The van der Waals surface area contributed by atoms with Gasteiger partial charge in [0.25, 0.3) is 0 Å². The Hall–Kier alpha value is -2.80. The molecular weight excluding hydrogens is 483 g/mol. The molecule has 4 rings (SSSR count). The predicted molar refractivity (Wildman–Crippen MR) is 141 cm³/mol. The predicted octanol–water partition coefficient (Wildman–Crippen LogP) is 5.78. The Kier molecular flexibility index (Phi) is 8.85. The van der Waals surface area contributed by atoms with E-state index in [1.165, 1.54) is 0 Å². The normalized spacial score (nSPS) is 14.5. The van der Waals surface area contributed by atoms with Crippen molar-refractivity contribution in [3.05, 3.63) is 81.8 Å². The Morgan fingerprint density at radius 3 is 2.43 bits per heavy atom. The number of ether oxygens (including phenoxy) is 1. The van der Waals surface area contributed by atoms with Gasteiger partial charge in [-0.1, -0.05) is 53.5 Å². The standard InChI is InChI=1S/C27H30Cl2N4O2/c1-30-27(34)31-16-19-7-9-33(10-8-19)17-21-11-25(22-13-23(28)15-24(29)14-22)32-26(12-21)35-18-20-5-3-2-4-6-20/h2-6,11-15,19H,7-10,16-18H2,1H3,(H2,30,31,34).